The van der Waals surface area contributed by atoms with Gasteiger partial charge in [-0.2, -0.15) is 5.21 Å². The number of benzene rings is 3. The number of hydrogen-bond acceptors (Lipinski definition) is 5. The van der Waals surface area contributed by atoms with Crippen LogP contribution in [0.3, 0.4) is 0 Å². The maximum Gasteiger partial charge on any atom is 0.204 e. The number of rotatable bonds is 7. The van der Waals surface area contributed by atoms with Gasteiger partial charge in [-0.1, -0.05) is 61.5 Å². The van der Waals surface area contributed by atoms with Crippen LogP contribution in [0.15, 0.2) is 84.9 Å². The summed E-state index contributed by atoms with van der Waals surface area (Å²) in [5, 5.41) is 15.4. The summed E-state index contributed by atoms with van der Waals surface area (Å²) < 4.78 is 6.05. The summed E-state index contributed by atoms with van der Waals surface area (Å²) in [7, 11) is 0. The zero-order valence-electron chi connectivity index (χ0n) is 17.8. The Morgan fingerprint density at radius 3 is 2.72 bits per heavy atom. The van der Waals surface area contributed by atoms with Crippen LogP contribution >= 0.6 is 0 Å². The molecule has 32 heavy (non-hydrogen) atoms. The van der Waals surface area contributed by atoms with Crippen LogP contribution in [0.4, 0.5) is 0 Å². The van der Waals surface area contributed by atoms with Crippen LogP contribution in [0.2, 0.25) is 0 Å². The lowest BCUT2D eigenvalue weighted by Gasteiger charge is -2.14. The summed E-state index contributed by atoms with van der Waals surface area (Å²) >= 11 is 0. The Balaban J connectivity index is 1.26. The molecule has 1 N–H and O–H groups in total. The third kappa shape index (κ3) is 4.49. The Bertz CT molecular complexity index is 1330. The third-order valence-corrected chi connectivity index (χ3v) is 5.54. The van der Waals surface area contributed by atoms with Crippen LogP contribution in [0.25, 0.3) is 22.3 Å². The highest BCUT2D eigenvalue weighted by atomic mass is 16.5. The first-order chi connectivity index (χ1) is 15.7. The molecule has 0 fully saturated rings. The lowest BCUT2D eigenvalue weighted by molar-refractivity contribution is 0.301. The second-order valence-corrected chi connectivity index (χ2v) is 7.90. The van der Waals surface area contributed by atoms with Gasteiger partial charge in [0.25, 0.3) is 0 Å². The molecule has 0 bridgehead atoms. The largest absolute Gasteiger partial charge is 0.487 e. The fourth-order valence-corrected chi connectivity index (χ4v) is 3.85. The first kappa shape index (κ1) is 19.9. The van der Waals surface area contributed by atoms with E-state index in [9.17, 15) is 0 Å². The van der Waals surface area contributed by atoms with Crippen LogP contribution in [0, 0.1) is 0 Å². The van der Waals surface area contributed by atoms with Gasteiger partial charge in [-0.25, -0.2) is 4.98 Å². The van der Waals surface area contributed by atoms with E-state index in [2.05, 4.69) is 68.9 Å². The number of H-pyrrole nitrogens is 1. The van der Waals surface area contributed by atoms with E-state index in [0.29, 0.717) is 18.3 Å². The minimum atomic E-state index is 0.333. The SMILES string of the molecule is CC(Cc1cccc(OCc2ccc3ccccc3n2)c1)c1cccc(-c2nn[nH]n2)c1. The molecule has 0 saturated carbocycles. The van der Waals surface area contributed by atoms with E-state index in [1.165, 1.54) is 11.1 Å². The number of pyridine rings is 1. The fraction of sp³-hybridized carbons (Fsp3) is 0.154. The van der Waals surface area contributed by atoms with Crippen molar-refractivity contribution in [1.82, 2.24) is 25.6 Å². The van der Waals surface area contributed by atoms with Crippen LogP contribution < -0.4 is 4.74 Å². The van der Waals surface area contributed by atoms with Crippen molar-refractivity contribution in [3.8, 4) is 17.1 Å². The van der Waals surface area contributed by atoms with Crippen LogP contribution in [-0.2, 0) is 13.0 Å². The number of nitrogens with one attached hydrogen (secondary N) is 1. The van der Waals surface area contributed by atoms with Crippen molar-refractivity contribution in [2.45, 2.75) is 25.9 Å². The standard InChI is InChI=1S/C26H23N5O/c1-18(21-8-5-9-22(16-21)26-28-30-31-29-26)14-19-6-4-10-24(15-19)32-17-23-13-12-20-7-2-3-11-25(20)27-23/h2-13,15-16,18H,14,17H2,1H3,(H,28,29,30,31). The van der Waals surface area contributed by atoms with Crippen LogP contribution in [-0.4, -0.2) is 25.6 Å². The molecular formula is C26H23N5O. The molecule has 5 rings (SSSR count). The number of aromatic amines is 1. The second-order valence-electron chi connectivity index (χ2n) is 7.90. The van der Waals surface area contributed by atoms with Crippen molar-refractivity contribution < 1.29 is 4.74 Å². The number of fused-ring (bicyclic) bond motifs is 1. The monoisotopic (exact) mass is 421 g/mol. The van der Waals surface area contributed by atoms with Gasteiger partial charge in [0.2, 0.25) is 5.82 Å². The first-order valence-electron chi connectivity index (χ1n) is 10.6. The molecule has 1 unspecified atom stereocenters. The van der Waals surface area contributed by atoms with Gasteiger partial charge in [0.15, 0.2) is 0 Å². The predicted molar refractivity (Wildman–Crippen MR) is 124 cm³/mol. The zero-order chi connectivity index (χ0) is 21.8. The van der Waals surface area contributed by atoms with Gasteiger partial charge in [-0.3, -0.25) is 0 Å². The minimum Gasteiger partial charge on any atom is -0.487 e. The fourth-order valence-electron chi connectivity index (χ4n) is 3.85. The van der Waals surface area contributed by atoms with Crippen LogP contribution in [0.5, 0.6) is 5.75 Å². The molecule has 0 aliphatic heterocycles. The zero-order valence-corrected chi connectivity index (χ0v) is 17.8. The quantitative estimate of drug-likeness (QED) is 0.384. The van der Waals surface area contributed by atoms with Crippen molar-refractivity contribution >= 4 is 10.9 Å². The Kier molecular flexibility index (Phi) is 5.58. The number of nitrogens with zero attached hydrogens (tertiary/aromatic N) is 4. The predicted octanol–water partition coefficient (Wildman–Crippen LogP) is 5.34. The molecule has 6 nitrogen and oxygen atoms in total. The molecule has 2 aromatic heterocycles. The summed E-state index contributed by atoms with van der Waals surface area (Å²) in [6, 6.07) is 28.8. The Morgan fingerprint density at radius 1 is 0.906 bits per heavy atom. The van der Waals surface area contributed by atoms with Crippen molar-refractivity contribution in [2.75, 3.05) is 0 Å². The number of ether oxygens (including phenoxy) is 1. The van der Waals surface area contributed by atoms with E-state index >= 15 is 0 Å². The third-order valence-electron chi connectivity index (χ3n) is 5.54. The number of hydrogen-bond donors (Lipinski definition) is 1. The van der Waals surface area contributed by atoms with Crippen molar-refractivity contribution in [2.24, 2.45) is 0 Å². The number of aromatic nitrogens is 5. The molecule has 0 aliphatic carbocycles. The summed E-state index contributed by atoms with van der Waals surface area (Å²) in [6.45, 7) is 2.67. The molecule has 1 atom stereocenters. The Hall–Kier alpha value is -4.06. The van der Waals surface area contributed by atoms with E-state index in [4.69, 9.17) is 4.74 Å². The highest BCUT2D eigenvalue weighted by Crippen LogP contribution is 2.26. The second kappa shape index (κ2) is 8.98. The Labute approximate surface area is 186 Å². The van der Waals surface area contributed by atoms with Gasteiger partial charge in [-0.05, 0) is 59.0 Å². The smallest absolute Gasteiger partial charge is 0.204 e. The lowest BCUT2D eigenvalue weighted by atomic mass is 9.92. The average molecular weight is 422 g/mol. The molecule has 0 spiro atoms. The van der Waals surface area contributed by atoms with E-state index in [0.717, 1.165) is 34.3 Å². The van der Waals surface area contributed by atoms with E-state index in [1.54, 1.807) is 0 Å². The van der Waals surface area contributed by atoms with Gasteiger partial charge in [0.1, 0.15) is 12.4 Å². The molecule has 3 aromatic carbocycles. The van der Waals surface area contributed by atoms with Gasteiger partial charge in [0, 0.05) is 10.9 Å². The van der Waals surface area contributed by atoms with Gasteiger partial charge in [-0.15, -0.1) is 10.2 Å². The van der Waals surface area contributed by atoms with Crippen molar-refractivity contribution in [3.05, 3.63) is 102 Å². The van der Waals surface area contributed by atoms with Crippen LogP contribution in [0.1, 0.15) is 29.7 Å². The Morgan fingerprint density at radius 2 is 1.81 bits per heavy atom. The molecule has 0 amide bonds. The van der Waals surface area contributed by atoms with E-state index in [1.807, 2.05) is 48.5 Å². The molecule has 2 heterocycles. The molecular weight excluding hydrogens is 398 g/mol. The average Bonchev–Trinajstić information content (AvgIpc) is 3.38. The van der Waals surface area contributed by atoms with Gasteiger partial charge >= 0.3 is 0 Å². The maximum atomic E-state index is 6.05. The first-order valence-corrected chi connectivity index (χ1v) is 10.6. The molecule has 0 radical (unpaired) electrons. The van der Waals surface area contributed by atoms with E-state index in [-0.39, 0.29) is 0 Å². The number of para-hydroxylation sites is 1. The molecule has 6 heteroatoms. The van der Waals surface area contributed by atoms with Gasteiger partial charge < -0.3 is 4.74 Å². The summed E-state index contributed by atoms with van der Waals surface area (Å²) in [6.07, 6.45) is 0.904. The van der Waals surface area contributed by atoms with Gasteiger partial charge in [0.05, 0.1) is 11.2 Å². The highest BCUT2D eigenvalue weighted by Gasteiger charge is 2.11. The highest BCUT2D eigenvalue weighted by molar-refractivity contribution is 5.78. The van der Waals surface area contributed by atoms with E-state index < -0.39 is 0 Å². The molecule has 5 aromatic rings. The minimum absolute atomic E-state index is 0.333. The topological polar surface area (TPSA) is 76.6 Å². The maximum absolute atomic E-state index is 6.05. The normalized spacial score (nSPS) is 12.0. The summed E-state index contributed by atoms with van der Waals surface area (Å²) in [5.74, 6) is 1.79. The summed E-state index contributed by atoms with van der Waals surface area (Å²) in [5.41, 5.74) is 5.33. The lowest BCUT2D eigenvalue weighted by Crippen LogP contribution is -2.01. The van der Waals surface area contributed by atoms with Crippen molar-refractivity contribution in [1.29, 1.82) is 0 Å². The summed E-state index contributed by atoms with van der Waals surface area (Å²) in [4.78, 5) is 4.69. The van der Waals surface area contributed by atoms with Crippen molar-refractivity contribution in [3.63, 3.8) is 0 Å². The molecule has 0 aliphatic rings. The number of tetrazole rings is 1. The molecule has 158 valence electrons. The molecule has 0 saturated heterocycles.